The molecule has 6 nitrogen and oxygen atoms in total. The molecule has 0 aliphatic heterocycles. The number of amides is 1. The average Bonchev–Trinajstić information content (AvgIpc) is 3.30. The number of benzene rings is 2. The van der Waals surface area contributed by atoms with Gasteiger partial charge in [0.1, 0.15) is 22.7 Å². The Morgan fingerprint density at radius 3 is 2.17 bits per heavy atom. The van der Waals surface area contributed by atoms with E-state index in [-0.39, 0.29) is 4.90 Å². The van der Waals surface area contributed by atoms with Crippen molar-refractivity contribution in [3.63, 3.8) is 0 Å². The van der Waals surface area contributed by atoms with Crippen molar-refractivity contribution < 1.29 is 22.7 Å². The maximum atomic E-state index is 13.4. The van der Waals surface area contributed by atoms with Crippen LogP contribution in [0, 0.1) is 6.92 Å². The third-order valence-corrected chi connectivity index (χ3v) is 7.52. The number of carbonyl (C=O) groups is 2. The van der Waals surface area contributed by atoms with Gasteiger partial charge in [-0.3, -0.25) is 0 Å². The van der Waals surface area contributed by atoms with Crippen molar-refractivity contribution in [2.24, 2.45) is 0 Å². The van der Waals surface area contributed by atoms with Gasteiger partial charge in [0.05, 0.1) is 4.90 Å². The van der Waals surface area contributed by atoms with Gasteiger partial charge in [-0.15, -0.1) is 0 Å². The van der Waals surface area contributed by atoms with Gasteiger partial charge in [-0.2, -0.15) is 0 Å². The molecule has 30 heavy (non-hydrogen) atoms. The molecule has 1 saturated carbocycles. The highest BCUT2D eigenvalue weighted by Crippen LogP contribution is 2.56. The summed E-state index contributed by atoms with van der Waals surface area (Å²) in [5.74, 6) is -0.746. The highest BCUT2D eigenvalue weighted by molar-refractivity contribution is 7.92. The van der Waals surface area contributed by atoms with Crippen LogP contribution in [0.1, 0.15) is 37.8 Å². The SMILES string of the molecule is Cc1ccc([C@@H]2[C@@H](S(=O)(=O)c3ccc(Cl)cc3)[C@@]2(C=O)NC(=O)OC(C)(C)C)cc1. The van der Waals surface area contributed by atoms with Crippen molar-refractivity contribution in [2.45, 2.75) is 54.9 Å². The van der Waals surface area contributed by atoms with E-state index in [2.05, 4.69) is 5.32 Å². The van der Waals surface area contributed by atoms with Crippen molar-refractivity contribution in [1.82, 2.24) is 5.32 Å². The van der Waals surface area contributed by atoms with Crippen LogP contribution >= 0.6 is 11.6 Å². The Bertz CT molecular complexity index is 1060. The smallest absolute Gasteiger partial charge is 0.408 e. The van der Waals surface area contributed by atoms with Gasteiger partial charge in [0.2, 0.25) is 0 Å². The topological polar surface area (TPSA) is 89.5 Å². The summed E-state index contributed by atoms with van der Waals surface area (Å²) in [6, 6.07) is 12.9. The zero-order valence-electron chi connectivity index (χ0n) is 17.2. The summed E-state index contributed by atoms with van der Waals surface area (Å²) in [6.45, 7) is 6.97. The molecule has 0 spiro atoms. The predicted octanol–water partition coefficient (Wildman–Crippen LogP) is 4.05. The molecule has 1 fully saturated rings. The van der Waals surface area contributed by atoms with Crippen molar-refractivity contribution >= 4 is 33.8 Å². The first-order chi connectivity index (χ1) is 13.9. The van der Waals surface area contributed by atoms with Crippen molar-refractivity contribution in [1.29, 1.82) is 0 Å². The molecule has 0 heterocycles. The predicted molar refractivity (Wildman–Crippen MR) is 115 cm³/mol. The molecule has 0 unspecified atom stereocenters. The summed E-state index contributed by atoms with van der Waals surface area (Å²) in [5.41, 5.74) is -0.789. The second-order valence-corrected chi connectivity index (χ2v) is 11.0. The Morgan fingerprint density at radius 2 is 1.67 bits per heavy atom. The van der Waals surface area contributed by atoms with Crippen LogP contribution in [0.25, 0.3) is 0 Å². The fourth-order valence-electron chi connectivity index (χ4n) is 3.60. The molecular weight excluding hydrogens is 426 g/mol. The van der Waals surface area contributed by atoms with Crippen LogP contribution < -0.4 is 5.32 Å². The van der Waals surface area contributed by atoms with Crippen LogP contribution in [0.5, 0.6) is 0 Å². The van der Waals surface area contributed by atoms with Crippen LogP contribution in [0.3, 0.4) is 0 Å². The highest BCUT2D eigenvalue weighted by atomic mass is 35.5. The van der Waals surface area contributed by atoms with Gasteiger partial charge in [-0.1, -0.05) is 41.4 Å². The van der Waals surface area contributed by atoms with Crippen molar-refractivity contribution in [3.8, 4) is 0 Å². The standard InChI is InChI=1S/C22H24ClNO5S/c1-14-5-7-15(8-6-14)18-19(30(27,28)17-11-9-16(23)10-12-17)22(18,13-25)24-20(26)29-21(2,3)4/h5-13,18-19H,1-4H3,(H,24,26)/t18-,19-,22+/m1/s1. The molecule has 160 valence electrons. The van der Waals surface area contributed by atoms with E-state index < -0.39 is 38.2 Å². The van der Waals surface area contributed by atoms with Gasteiger partial charge in [0, 0.05) is 10.9 Å². The van der Waals surface area contributed by atoms with Crippen molar-refractivity contribution in [3.05, 3.63) is 64.7 Å². The number of hydrogen-bond donors (Lipinski definition) is 1. The molecule has 0 saturated heterocycles. The normalized spacial score (nSPS) is 23.5. The molecule has 1 amide bonds. The van der Waals surface area contributed by atoms with Gasteiger partial charge < -0.3 is 14.8 Å². The molecule has 0 aromatic heterocycles. The van der Waals surface area contributed by atoms with Gasteiger partial charge >= 0.3 is 6.09 Å². The summed E-state index contributed by atoms with van der Waals surface area (Å²) in [7, 11) is -3.96. The lowest BCUT2D eigenvalue weighted by molar-refractivity contribution is -0.110. The number of halogens is 1. The van der Waals surface area contributed by atoms with E-state index in [1.54, 1.807) is 32.9 Å². The van der Waals surface area contributed by atoms with Crippen LogP contribution in [0.15, 0.2) is 53.4 Å². The molecule has 1 aliphatic carbocycles. The maximum Gasteiger partial charge on any atom is 0.408 e. The number of rotatable bonds is 5. The molecule has 1 N–H and O–H groups in total. The molecule has 0 bridgehead atoms. The van der Waals surface area contributed by atoms with Crippen LogP contribution in [0.4, 0.5) is 4.79 Å². The number of alkyl carbamates (subject to hydrolysis) is 1. The molecule has 0 radical (unpaired) electrons. The van der Waals surface area contributed by atoms with E-state index >= 15 is 0 Å². The number of hydrogen-bond acceptors (Lipinski definition) is 5. The molecule has 3 rings (SSSR count). The molecule has 3 atom stereocenters. The van der Waals surface area contributed by atoms with Gasteiger partial charge in [0.15, 0.2) is 9.84 Å². The Hall–Kier alpha value is -2.38. The summed E-state index contributed by atoms with van der Waals surface area (Å²) >= 11 is 5.89. The third kappa shape index (κ3) is 4.23. The minimum Gasteiger partial charge on any atom is -0.444 e. The first-order valence-corrected chi connectivity index (χ1v) is 11.4. The monoisotopic (exact) mass is 449 g/mol. The molecule has 1 aliphatic rings. The lowest BCUT2D eigenvalue weighted by Gasteiger charge is -2.22. The molecule has 2 aromatic carbocycles. The van der Waals surface area contributed by atoms with Crippen molar-refractivity contribution in [2.75, 3.05) is 0 Å². The van der Waals surface area contributed by atoms with E-state index in [1.165, 1.54) is 24.3 Å². The second kappa shape index (κ2) is 7.71. The second-order valence-electron chi connectivity index (χ2n) is 8.49. The number of sulfone groups is 1. The lowest BCUT2D eigenvalue weighted by atomic mass is 10.1. The molecule has 8 heteroatoms. The minimum absolute atomic E-state index is 0.0312. The number of carbonyl (C=O) groups excluding carboxylic acids is 2. The summed E-state index contributed by atoms with van der Waals surface area (Å²) in [4.78, 5) is 24.7. The Kier molecular flexibility index (Phi) is 5.73. The molecular formula is C22H24ClNO5S. The number of aryl methyl sites for hydroxylation is 1. The average molecular weight is 450 g/mol. The largest absolute Gasteiger partial charge is 0.444 e. The number of ether oxygens (including phenoxy) is 1. The quantitative estimate of drug-likeness (QED) is 0.695. The number of aldehydes is 1. The highest BCUT2D eigenvalue weighted by Gasteiger charge is 2.73. The van der Waals surface area contributed by atoms with Gasteiger partial charge in [-0.25, -0.2) is 13.2 Å². The van der Waals surface area contributed by atoms with Crippen LogP contribution in [0.2, 0.25) is 5.02 Å². The van der Waals surface area contributed by atoms with E-state index in [9.17, 15) is 18.0 Å². The van der Waals surface area contributed by atoms with Crippen LogP contribution in [-0.2, 0) is 19.4 Å². The van der Waals surface area contributed by atoms with Gasteiger partial charge in [0.25, 0.3) is 0 Å². The summed E-state index contributed by atoms with van der Waals surface area (Å²) < 4.78 is 32.1. The first kappa shape index (κ1) is 22.3. The minimum atomic E-state index is -3.96. The fourth-order valence-corrected chi connectivity index (χ4v) is 5.98. The van der Waals surface area contributed by atoms with E-state index in [0.29, 0.717) is 16.9 Å². The number of nitrogens with one attached hydrogen (secondary N) is 1. The van der Waals surface area contributed by atoms with E-state index in [1.807, 2.05) is 19.1 Å². The Morgan fingerprint density at radius 1 is 1.10 bits per heavy atom. The third-order valence-electron chi connectivity index (χ3n) is 5.00. The lowest BCUT2D eigenvalue weighted by Crippen LogP contribution is -2.45. The summed E-state index contributed by atoms with van der Waals surface area (Å²) in [6.07, 6.45) is -0.347. The zero-order chi connectivity index (χ0) is 22.3. The fraction of sp³-hybridized carbons (Fsp3) is 0.364. The van der Waals surface area contributed by atoms with E-state index in [0.717, 1.165) is 5.56 Å². The summed E-state index contributed by atoms with van der Waals surface area (Å²) in [5, 5.41) is 1.77. The zero-order valence-corrected chi connectivity index (χ0v) is 18.8. The van der Waals surface area contributed by atoms with Crippen LogP contribution in [-0.4, -0.2) is 37.2 Å². The van der Waals surface area contributed by atoms with E-state index in [4.69, 9.17) is 16.3 Å². The Labute approximate surface area is 181 Å². The maximum absolute atomic E-state index is 13.4. The Balaban J connectivity index is 2.04. The van der Waals surface area contributed by atoms with Gasteiger partial charge in [-0.05, 0) is 57.5 Å². The molecule has 2 aromatic rings. The first-order valence-electron chi connectivity index (χ1n) is 9.44.